The Kier molecular flexibility index (Phi) is 33.5. The number of nitrogen functional groups attached to an aromatic ring is 2. The molecule has 11 N–H and O–H groups in total. The summed E-state index contributed by atoms with van der Waals surface area (Å²) in [6.45, 7) is 33.7. The molecular weight excluding hydrogens is 1440 g/mol. The molecule has 22 heteroatoms. The number of methoxy groups -OCH3 is 2. The zero-order chi connectivity index (χ0) is 81.8. The first-order valence-electron chi connectivity index (χ1n) is 40.9. The monoisotopic (exact) mass is 1560 g/mol. The average molecular weight is 1570 g/mol. The van der Waals surface area contributed by atoms with Crippen LogP contribution in [-0.2, 0) is 109 Å². The molecule has 9 aromatic rings. The number of phenols is 1. The molecule has 0 unspecified atom stereocenters. The van der Waals surface area contributed by atoms with E-state index in [-0.39, 0.29) is 18.4 Å². The van der Waals surface area contributed by atoms with Crippen LogP contribution >= 0.6 is 0 Å². The molecule has 2 aromatic heterocycles. The van der Waals surface area contributed by atoms with Gasteiger partial charge in [0.15, 0.2) is 6.29 Å². The van der Waals surface area contributed by atoms with Crippen molar-refractivity contribution < 1.29 is 44.3 Å². The van der Waals surface area contributed by atoms with Crippen LogP contribution in [0.2, 0.25) is 0 Å². The summed E-state index contributed by atoms with van der Waals surface area (Å²) in [7, 11) is 3.44. The average Bonchev–Trinajstić information content (AvgIpc) is 0.825. The molecule has 16 rings (SSSR count). The van der Waals surface area contributed by atoms with Crippen LogP contribution in [0, 0.1) is 6.92 Å². The number of nitrogens with zero attached hydrogens (tertiary/aromatic N) is 8. The summed E-state index contributed by atoms with van der Waals surface area (Å²) in [5, 5.41) is 45.4. The number of aromatic hydroxyl groups is 1. The lowest BCUT2D eigenvalue weighted by atomic mass is 9.97. The Hall–Kier alpha value is -10.1. The van der Waals surface area contributed by atoms with Crippen LogP contribution in [0.5, 0.6) is 17.2 Å². The van der Waals surface area contributed by atoms with Crippen LogP contribution in [0.15, 0.2) is 164 Å². The minimum atomic E-state index is -1.35. The number of carbonyl (C=O) groups is 3. The summed E-state index contributed by atoms with van der Waals surface area (Å²) in [4.78, 5) is 57.9. The van der Waals surface area contributed by atoms with Crippen LogP contribution in [-0.4, -0.2) is 177 Å². The number of aliphatic hydroxyl groups excluding tert-OH is 1. The second-order valence-corrected chi connectivity index (χ2v) is 30.2. The van der Waals surface area contributed by atoms with Gasteiger partial charge in [0, 0.05) is 102 Å². The number of aromatic nitrogens is 2. The molecule has 0 bridgehead atoms. The van der Waals surface area contributed by atoms with Gasteiger partial charge in [0.05, 0.1) is 45.2 Å². The lowest BCUT2D eigenvalue weighted by Gasteiger charge is -2.27. The fraction of sp³-hybridized carbons (Fsp3) is 0.409. The second-order valence-electron chi connectivity index (χ2n) is 30.2. The summed E-state index contributed by atoms with van der Waals surface area (Å²) in [6.07, 6.45) is 5.96. The molecule has 7 aliphatic rings. The number of hydrogen-bond donors (Lipinski definition) is 9. The fourth-order valence-electron chi connectivity index (χ4n) is 15.3. The van der Waals surface area contributed by atoms with Gasteiger partial charge < -0.3 is 57.3 Å². The Morgan fingerprint density at radius 2 is 0.800 bits per heavy atom. The van der Waals surface area contributed by atoms with Crippen LogP contribution in [0.4, 0.5) is 11.6 Å². The number of aliphatic hydroxyl groups is 2. The quantitative estimate of drug-likeness (QED) is 0.0406. The number of phenolic OH excluding ortho intramolecular Hbond substituents is 1. The lowest BCUT2D eigenvalue weighted by Crippen LogP contribution is -2.35. The SMILES string of the molecule is CCN1CCc2cc(C(=O)NCc3cccc(N)n3)ccc2C1.CCN1CCc2cc(C(O)O)ccc2C1.CCN1CCc2cc(C)ccc2C1.CCN1CCc2cc(O)ccc2C1.CCN1CCc2cc(OC)ccc2C1.COc1ccc2c(c1)CCNC2.Nc1cccc(CNC(=O)c2ccc3c(c2)CCN(CC(=O)O)C3)n1. The van der Waals surface area contributed by atoms with Crippen molar-refractivity contribution >= 4 is 29.4 Å². The highest BCUT2D eigenvalue weighted by Gasteiger charge is 2.23. The molecule has 0 fully saturated rings. The number of aryl methyl sites for hydroxylation is 1. The molecule has 22 nitrogen and oxygen atoms in total. The number of hydrogen-bond acceptors (Lipinski definition) is 19. The van der Waals surface area contributed by atoms with Crippen molar-refractivity contribution in [1.29, 1.82) is 0 Å². The molecule has 7 aliphatic heterocycles. The Morgan fingerprint density at radius 1 is 0.435 bits per heavy atom. The van der Waals surface area contributed by atoms with Gasteiger partial charge in [-0.1, -0.05) is 119 Å². The maximum Gasteiger partial charge on any atom is 0.317 e. The minimum absolute atomic E-state index is 0.0366. The third kappa shape index (κ3) is 26.5. The minimum Gasteiger partial charge on any atom is -0.508 e. The van der Waals surface area contributed by atoms with Crippen LogP contribution < -0.4 is 36.9 Å². The fourth-order valence-corrected chi connectivity index (χ4v) is 15.3. The molecule has 0 aliphatic carbocycles. The summed E-state index contributed by atoms with van der Waals surface area (Å²) in [5.41, 5.74) is 34.9. The number of benzene rings is 7. The van der Waals surface area contributed by atoms with E-state index in [1.807, 2.05) is 71.6 Å². The molecular formula is C93H121N13O9. The zero-order valence-electron chi connectivity index (χ0n) is 68.7. The molecule has 2 amide bonds. The predicted octanol–water partition coefficient (Wildman–Crippen LogP) is 11.6. The van der Waals surface area contributed by atoms with Crippen LogP contribution in [0.3, 0.4) is 0 Å². The molecule has 9 heterocycles. The summed E-state index contributed by atoms with van der Waals surface area (Å²) in [5.74, 6) is 2.16. The van der Waals surface area contributed by atoms with E-state index in [4.69, 9.17) is 36.3 Å². The molecule has 0 radical (unpaired) electrons. The molecule has 0 atom stereocenters. The van der Waals surface area contributed by atoms with Crippen molar-refractivity contribution in [1.82, 2.24) is 55.3 Å². The molecule has 612 valence electrons. The van der Waals surface area contributed by atoms with Gasteiger partial charge in [-0.3, -0.25) is 43.8 Å². The summed E-state index contributed by atoms with van der Waals surface area (Å²) >= 11 is 0. The predicted molar refractivity (Wildman–Crippen MR) is 457 cm³/mol. The van der Waals surface area contributed by atoms with Crippen LogP contribution in [0.25, 0.3) is 0 Å². The van der Waals surface area contributed by atoms with E-state index in [0.717, 1.165) is 158 Å². The van der Waals surface area contributed by atoms with Crippen molar-refractivity contribution in [3.63, 3.8) is 0 Å². The molecule has 115 heavy (non-hydrogen) atoms. The normalized spacial score (nSPS) is 15.5. The van der Waals surface area contributed by atoms with Crippen LogP contribution in [0.1, 0.15) is 162 Å². The number of anilines is 2. The third-order valence-corrected chi connectivity index (χ3v) is 22.4. The number of rotatable bonds is 16. The van der Waals surface area contributed by atoms with E-state index >= 15 is 0 Å². The number of carboxylic acid groups (broad SMARTS) is 1. The van der Waals surface area contributed by atoms with Crippen molar-refractivity contribution in [3.8, 4) is 17.2 Å². The Morgan fingerprint density at radius 3 is 1.23 bits per heavy atom. The van der Waals surface area contributed by atoms with E-state index in [9.17, 15) is 19.5 Å². The van der Waals surface area contributed by atoms with Crippen molar-refractivity contribution in [2.45, 2.75) is 152 Å². The first-order valence-corrected chi connectivity index (χ1v) is 40.9. The highest BCUT2D eigenvalue weighted by molar-refractivity contribution is 5.95. The van der Waals surface area contributed by atoms with Gasteiger partial charge in [-0.05, 0) is 254 Å². The van der Waals surface area contributed by atoms with Gasteiger partial charge in [-0.15, -0.1) is 0 Å². The van der Waals surface area contributed by atoms with E-state index in [2.05, 4.69) is 147 Å². The lowest BCUT2D eigenvalue weighted by molar-refractivity contribution is -0.138. The van der Waals surface area contributed by atoms with Gasteiger partial charge in [-0.25, -0.2) is 9.97 Å². The van der Waals surface area contributed by atoms with Crippen molar-refractivity contribution in [2.24, 2.45) is 0 Å². The van der Waals surface area contributed by atoms with E-state index < -0.39 is 12.3 Å². The first kappa shape index (κ1) is 87.3. The molecule has 7 aromatic carbocycles. The second kappa shape index (κ2) is 44.1. The number of carbonyl (C=O) groups excluding carboxylic acids is 2. The molecule has 0 spiro atoms. The third-order valence-electron chi connectivity index (χ3n) is 22.4. The smallest absolute Gasteiger partial charge is 0.317 e. The number of ether oxygens (including phenoxy) is 2. The number of likely N-dealkylation sites (N-methyl/N-ethyl adjacent to an activating group) is 5. The van der Waals surface area contributed by atoms with Gasteiger partial charge in [0.2, 0.25) is 0 Å². The van der Waals surface area contributed by atoms with E-state index in [1.54, 1.807) is 62.2 Å². The topological polar surface area (TPSA) is 284 Å². The highest BCUT2D eigenvalue weighted by atomic mass is 16.5. The highest BCUT2D eigenvalue weighted by Crippen LogP contribution is 2.29. The van der Waals surface area contributed by atoms with Gasteiger partial charge in [0.25, 0.3) is 11.8 Å². The number of aliphatic carboxylic acids is 1. The van der Waals surface area contributed by atoms with Gasteiger partial charge >= 0.3 is 5.97 Å². The van der Waals surface area contributed by atoms with E-state index in [0.29, 0.717) is 65.9 Å². The summed E-state index contributed by atoms with van der Waals surface area (Å²) in [6, 6.07) is 53.2. The Balaban J connectivity index is 0.000000144. The van der Waals surface area contributed by atoms with Gasteiger partial charge in [0.1, 0.15) is 28.9 Å². The maximum atomic E-state index is 12.3. The zero-order valence-corrected chi connectivity index (χ0v) is 68.7. The first-order chi connectivity index (χ1) is 55.7. The van der Waals surface area contributed by atoms with Crippen molar-refractivity contribution in [2.75, 3.05) is 111 Å². The molecule has 0 saturated heterocycles. The number of fused-ring (bicyclic) bond motifs is 7. The van der Waals surface area contributed by atoms with Gasteiger partial charge in [-0.2, -0.15) is 0 Å². The standard InChI is InChI=1S/C18H20N4O3.C18H22N4O.C12H17NO2.C12H17NO.C12H17N.C11H15NO.C10H13NO/c19-16-3-1-2-15(21-16)9-20-18(25)13-4-5-14-10-22(11-17(23)24)7-6-12(14)8-13;1-2-22-9-8-13-10-14(6-7-15(13)12-22)18(23)20-11-16-4-3-5-17(19)21-16;1-2-13-6-5-9-7-10(12(14)15)3-4-11(9)8-13;1-3-13-7-6-10-8-12(14-2)5-4-11(10)9-13;1-3-13-7-6-11-8-10(2)4-5-12(11)9-13;1-2-12-6-5-9-7-11(13)4-3-10(9)8-12;1-12-10-3-2-9-7-11-5-4-8(9)6-10/h1-5,8H,6-7,9-11H2,(H2,19,21)(H,20,25)(H,23,24);3-7,10H,2,8-9,11-12H2,1H3,(H2,19,21)(H,20,23);3-4,7,12,14-15H,2,5-6,8H2,1H3;4-5,8H,3,6-7,9H2,1-2H3;4-5,8H,3,6-7,9H2,1-2H3;3-4,7,13H,2,5-6,8H2,1H3;2-3,6,11H,4-5,7H2,1H3. The number of nitrogens with two attached hydrogens (primary N) is 2. The number of pyridine rings is 2. The number of amides is 2. The Bertz CT molecular complexity index is 4610. The number of nitrogens with one attached hydrogen (secondary N) is 3. The summed E-state index contributed by atoms with van der Waals surface area (Å²) < 4.78 is 10.4. The largest absolute Gasteiger partial charge is 0.508 e. The van der Waals surface area contributed by atoms with E-state index in [1.165, 1.54) is 92.8 Å². The maximum absolute atomic E-state index is 12.3. The molecule has 0 saturated carbocycles. The van der Waals surface area contributed by atoms with Crippen molar-refractivity contribution in [3.05, 3.63) is 275 Å². The number of carboxylic acids is 1. The Labute approximate surface area is 680 Å².